The van der Waals surface area contributed by atoms with E-state index in [1.165, 1.54) is 12.8 Å². The van der Waals surface area contributed by atoms with E-state index in [-0.39, 0.29) is 0 Å². The molecule has 0 aliphatic heterocycles. The van der Waals surface area contributed by atoms with Crippen molar-refractivity contribution in [3.63, 3.8) is 0 Å². The van der Waals surface area contributed by atoms with Crippen molar-refractivity contribution in [1.82, 2.24) is 0 Å². The molecule has 1 aliphatic carbocycles. The molecule has 0 saturated heterocycles. The quantitative estimate of drug-likeness (QED) is 0.765. The van der Waals surface area contributed by atoms with Crippen molar-refractivity contribution in [3.8, 4) is 11.8 Å². The molecule has 1 fully saturated rings. The number of hydrogen-bond acceptors (Lipinski definition) is 4. The van der Waals surface area contributed by atoms with Gasteiger partial charge in [-0.05, 0) is 31.4 Å². The molecule has 0 aromatic heterocycles. The van der Waals surface area contributed by atoms with Gasteiger partial charge in [0.15, 0.2) is 0 Å². The average molecular weight is 259 g/mol. The minimum atomic E-state index is 0.548. The molecule has 0 unspecified atom stereocenters. The number of ether oxygens (including phenoxy) is 1. The third-order valence-corrected chi connectivity index (χ3v) is 3.24. The van der Waals surface area contributed by atoms with Gasteiger partial charge in [0.05, 0.1) is 24.8 Å². The van der Waals surface area contributed by atoms with Crippen molar-refractivity contribution in [3.05, 3.63) is 18.2 Å². The number of anilines is 2. The second-order valence-electron chi connectivity index (χ2n) is 4.90. The zero-order valence-corrected chi connectivity index (χ0v) is 11.4. The zero-order chi connectivity index (χ0) is 13.7. The molecular formula is C15H21N3O. The number of hydrogen-bond donors (Lipinski definition) is 1. The maximum Gasteiger partial charge on any atom is 0.144 e. The highest BCUT2D eigenvalue weighted by molar-refractivity contribution is 5.63. The molecule has 102 valence electrons. The number of nitrogens with two attached hydrogens (primary N) is 1. The van der Waals surface area contributed by atoms with Crippen molar-refractivity contribution in [1.29, 1.82) is 5.26 Å². The normalized spacial score (nSPS) is 13.9. The lowest BCUT2D eigenvalue weighted by Gasteiger charge is -2.24. The number of nitrogen functional groups attached to an aromatic ring is 1. The Bertz CT molecular complexity index is 463. The number of nitrogens with zero attached hydrogens (tertiary/aromatic N) is 2. The van der Waals surface area contributed by atoms with Crippen LogP contribution in [0.3, 0.4) is 0 Å². The largest absolute Gasteiger partial charge is 0.491 e. The Morgan fingerprint density at radius 2 is 2.26 bits per heavy atom. The number of nitriles is 1. The van der Waals surface area contributed by atoms with Crippen LogP contribution in [0, 0.1) is 11.3 Å². The van der Waals surface area contributed by atoms with Gasteiger partial charge in [0, 0.05) is 24.3 Å². The highest BCUT2D eigenvalue weighted by Gasteiger charge is 2.29. The van der Waals surface area contributed by atoms with E-state index in [2.05, 4.69) is 17.9 Å². The van der Waals surface area contributed by atoms with Crippen LogP contribution in [0.15, 0.2) is 18.2 Å². The molecule has 1 saturated carbocycles. The maximum atomic E-state index is 8.76. The van der Waals surface area contributed by atoms with Crippen molar-refractivity contribution in [2.45, 2.75) is 38.6 Å². The molecule has 0 heterocycles. The lowest BCUT2D eigenvalue weighted by atomic mass is 10.2. The Morgan fingerprint density at radius 3 is 2.89 bits per heavy atom. The highest BCUT2D eigenvalue weighted by Crippen LogP contribution is 2.35. The van der Waals surface area contributed by atoms with Crippen LogP contribution in [0.4, 0.5) is 11.4 Å². The van der Waals surface area contributed by atoms with Gasteiger partial charge in [-0.25, -0.2) is 0 Å². The highest BCUT2D eigenvalue weighted by atomic mass is 16.5. The molecule has 0 atom stereocenters. The Morgan fingerprint density at radius 1 is 1.47 bits per heavy atom. The molecule has 19 heavy (non-hydrogen) atoms. The van der Waals surface area contributed by atoms with Crippen LogP contribution in [0.5, 0.6) is 5.75 Å². The molecule has 0 radical (unpaired) electrons. The topological polar surface area (TPSA) is 62.3 Å². The standard InChI is InChI=1S/C15H21N3O/c1-2-10-19-15-11-13(6-7-14(15)17)18(9-3-8-16)12-4-5-12/h6-7,11-12H,2-5,9-10,17H2,1H3. The first kappa shape index (κ1) is 13.5. The Kier molecular flexibility index (Phi) is 4.51. The summed E-state index contributed by atoms with van der Waals surface area (Å²) in [5, 5.41) is 8.76. The number of rotatable bonds is 7. The lowest BCUT2D eigenvalue weighted by Crippen LogP contribution is -2.26. The molecule has 1 aromatic carbocycles. The Labute approximate surface area is 114 Å². The van der Waals surface area contributed by atoms with E-state index >= 15 is 0 Å². The van der Waals surface area contributed by atoms with Crippen LogP contribution in [-0.2, 0) is 0 Å². The van der Waals surface area contributed by atoms with Crippen LogP contribution in [0.1, 0.15) is 32.6 Å². The van der Waals surface area contributed by atoms with Crippen molar-refractivity contribution >= 4 is 11.4 Å². The first-order valence-corrected chi connectivity index (χ1v) is 6.92. The Hall–Kier alpha value is -1.89. The van der Waals surface area contributed by atoms with Crippen molar-refractivity contribution in [2.75, 3.05) is 23.8 Å². The van der Waals surface area contributed by atoms with E-state index in [1.807, 2.05) is 18.2 Å². The first-order chi connectivity index (χ1) is 9.26. The van der Waals surface area contributed by atoms with Gasteiger partial charge < -0.3 is 15.4 Å². The monoisotopic (exact) mass is 259 g/mol. The molecule has 1 aliphatic rings. The fraction of sp³-hybridized carbons (Fsp3) is 0.533. The van der Waals surface area contributed by atoms with E-state index in [4.69, 9.17) is 15.7 Å². The maximum absolute atomic E-state index is 8.76. The molecule has 0 amide bonds. The molecule has 2 N–H and O–H groups in total. The van der Waals surface area contributed by atoms with E-state index in [9.17, 15) is 0 Å². The molecule has 4 heteroatoms. The fourth-order valence-corrected chi connectivity index (χ4v) is 2.12. The van der Waals surface area contributed by atoms with Crippen LogP contribution in [-0.4, -0.2) is 19.2 Å². The molecule has 2 rings (SSSR count). The molecule has 0 bridgehead atoms. The average Bonchev–Trinajstić information content (AvgIpc) is 3.24. The minimum Gasteiger partial charge on any atom is -0.491 e. The Balaban J connectivity index is 2.15. The van der Waals surface area contributed by atoms with E-state index in [1.54, 1.807) is 0 Å². The molecule has 1 aromatic rings. The summed E-state index contributed by atoms with van der Waals surface area (Å²) in [6, 6.07) is 8.70. The molecule has 0 spiro atoms. The predicted molar refractivity (Wildman–Crippen MR) is 77.2 cm³/mol. The van der Waals surface area contributed by atoms with Crippen LogP contribution in [0.2, 0.25) is 0 Å². The second kappa shape index (κ2) is 6.33. The zero-order valence-electron chi connectivity index (χ0n) is 11.4. The van der Waals surface area contributed by atoms with Gasteiger partial charge in [0.2, 0.25) is 0 Å². The second-order valence-corrected chi connectivity index (χ2v) is 4.90. The van der Waals surface area contributed by atoms with Crippen LogP contribution < -0.4 is 15.4 Å². The predicted octanol–water partition coefficient (Wildman–Crippen LogP) is 2.94. The summed E-state index contributed by atoms with van der Waals surface area (Å²) in [5.41, 5.74) is 7.71. The van der Waals surface area contributed by atoms with Crippen LogP contribution in [0.25, 0.3) is 0 Å². The minimum absolute atomic E-state index is 0.548. The van der Waals surface area contributed by atoms with Crippen LogP contribution >= 0.6 is 0 Å². The van der Waals surface area contributed by atoms with E-state index in [0.29, 0.717) is 24.8 Å². The summed E-state index contributed by atoms with van der Waals surface area (Å²) in [4.78, 5) is 2.29. The lowest BCUT2D eigenvalue weighted by molar-refractivity contribution is 0.319. The number of benzene rings is 1. The third kappa shape index (κ3) is 3.54. The summed E-state index contributed by atoms with van der Waals surface area (Å²) in [5.74, 6) is 0.752. The summed E-state index contributed by atoms with van der Waals surface area (Å²) >= 11 is 0. The third-order valence-electron chi connectivity index (χ3n) is 3.24. The van der Waals surface area contributed by atoms with E-state index in [0.717, 1.165) is 24.4 Å². The van der Waals surface area contributed by atoms with Crippen molar-refractivity contribution in [2.24, 2.45) is 0 Å². The molecule has 4 nitrogen and oxygen atoms in total. The van der Waals surface area contributed by atoms with Gasteiger partial charge >= 0.3 is 0 Å². The van der Waals surface area contributed by atoms with Gasteiger partial charge in [-0.3, -0.25) is 0 Å². The van der Waals surface area contributed by atoms with E-state index < -0.39 is 0 Å². The van der Waals surface area contributed by atoms with Crippen molar-refractivity contribution < 1.29 is 4.74 Å². The summed E-state index contributed by atoms with van der Waals surface area (Å²) in [7, 11) is 0. The smallest absolute Gasteiger partial charge is 0.144 e. The first-order valence-electron chi connectivity index (χ1n) is 6.92. The molecular weight excluding hydrogens is 238 g/mol. The summed E-state index contributed by atoms with van der Waals surface area (Å²) < 4.78 is 5.66. The fourth-order valence-electron chi connectivity index (χ4n) is 2.12. The van der Waals surface area contributed by atoms with Gasteiger partial charge in [0.25, 0.3) is 0 Å². The SMILES string of the molecule is CCCOc1cc(N(CCC#N)C2CC2)ccc1N. The summed E-state index contributed by atoms with van der Waals surface area (Å²) in [6.45, 7) is 3.52. The van der Waals surface area contributed by atoms with Gasteiger partial charge in [-0.2, -0.15) is 5.26 Å². The van der Waals surface area contributed by atoms with Gasteiger partial charge in [0.1, 0.15) is 5.75 Å². The van der Waals surface area contributed by atoms with Gasteiger partial charge in [-0.1, -0.05) is 6.92 Å². The summed E-state index contributed by atoms with van der Waals surface area (Å²) in [6.07, 6.45) is 3.93. The van der Waals surface area contributed by atoms with Gasteiger partial charge in [-0.15, -0.1) is 0 Å².